The topological polar surface area (TPSA) is 84.0 Å². The van der Waals surface area contributed by atoms with Crippen LogP contribution in [0.5, 0.6) is 0 Å². The lowest BCUT2D eigenvalue weighted by Gasteiger charge is -2.32. The monoisotopic (exact) mass is 422 g/mol. The summed E-state index contributed by atoms with van der Waals surface area (Å²) in [6.45, 7) is 6.95. The van der Waals surface area contributed by atoms with Crippen molar-refractivity contribution in [1.82, 2.24) is 9.80 Å². The first-order chi connectivity index (χ1) is 13.7. The number of Topliss-reactive ketones (excluding diaryl/α,β-unsaturated/α-hetero) is 1. The van der Waals surface area contributed by atoms with Crippen molar-refractivity contribution >= 4 is 34.9 Å². The molecule has 2 heterocycles. The number of hydrogen-bond acceptors (Lipinski definition) is 6. The van der Waals surface area contributed by atoms with E-state index in [1.54, 1.807) is 30.2 Å². The number of esters is 1. The summed E-state index contributed by atoms with van der Waals surface area (Å²) < 4.78 is 5.04. The van der Waals surface area contributed by atoms with E-state index in [-0.39, 0.29) is 48.9 Å². The van der Waals surface area contributed by atoms with Gasteiger partial charge in [-0.1, -0.05) is 0 Å². The van der Waals surface area contributed by atoms with Crippen molar-refractivity contribution in [2.24, 2.45) is 5.92 Å². The van der Waals surface area contributed by atoms with Crippen LogP contribution < -0.4 is 0 Å². The zero-order chi connectivity index (χ0) is 21.6. The number of aryl methyl sites for hydroxylation is 2. The maximum Gasteiger partial charge on any atom is 0.309 e. The van der Waals surface area contributed by atoms with Gasteiger partial charge in [0.25, 0.3) is 0 Å². The number of piperidine rings is 1. The highest BCUT2D eigenvalue weighted by Crippen LogP contribution is 2.22. The average Bonchev–Trinajstić information content (AvgIpc) is 3.04. The Morgan fingerprint density at radius 2 is 1.83 bits per heavy atom. The van der Waals surface area contributed by atoms with Gasteiger partial charge in [0.05, 0.1) is 19.1 Å². The molecule has 0 aliphatic carbocycles. The van der Waals surface area contributed by atoms with Gasteiger partial charge >= 0.3 is 5.97 Å². The molecule has 1 aromatic rings. The second-order valence-corrected chi connectivity index (χ2v) is 8.87. The van der Waals surface area contributed by atoms with Gasteiger partial charge in [-0.25, -0.2) is 0 Å². The van der Waals surface area contributed by atoms with Crippen LogP contribution in [-0.2, 0) is 19.1 Å². The van der Waals surface area contributed by atoms with E-state index in [4.69, 9.17) is 4.74 Å². The Morgan fingerprint density at radius 1 is 1.17 bits per heavy atom. The maximum absolute atomic E-state index is 12.5. The zero-order valence-electron chi connectivity index (χ0n) is 17.7. The standard InChI is InChI=1S/C21H30N2O5S/c1-5-28-21(27)16-8-10-23(11-9-16)20(26)13-22(4)19(25)7-6-18(24)17-12-14(2)29-15(17)3/h12,16H,5-11,13H2,1-4H3. The van der Waals surface area contributed by atoms with Crippen LogP contribution in [0.1, 0.15) is 52.7 Å². The van der Waals surface area contributed by atoms with Crippen LogP contribution in [0.2, 0.25) is 0 Å². The number of carbonyl (C=O) groups excluding carboxylic acids is 4. The van der Waals surface area contributed by atoms with E-state index in [2.05, 4.69) is 0 Å². The fourth-order valence-corrected chi connectivity index (χ4v) is 4.41. The van der Waals surface area contributed by atoms with Crippen LogP contribution >= 0.6 is 11.3 Å². The van der Waals surface area contributed by atoms with Gasteiger partial charge in [-0.3, -0.25) is 19.2 Å². The maximum atomic E-state index is 12.5. The molecule has 1 aromatic heterocycles. The molecular formula is C21H30N2O5S. The van der Waals surface area contributed by atoms with Crippen LogP contribution in [0.3, 0.4) is 0 Å². The first-order valence-electron chi connectivity index (χ1n) is 10.0. The van der Waals surface area contributed by atoms with E-state index in [1.165, 1.54) is 4.90 Å². The fourth-order valence-electron chi connectivity index (χ4n) is 3.47. The fraction of sp³-hybridized carbons (Fsp3) is 0.619. The first kappa shape index (κ1) is 23.1. The molecular weight excluding hydrogens is 392 g/mol. The molecule has 0 N–H and O–H groups in total. The summed E-state index contributed by atoms with van der Waals surface area (Å²) in [5.41, 5.74) is 0.684. The quantitative estimate of drug-likeness (QED) is 0.475. The average molecular weight is 423 g/mol. The van der Waals surface area contributed by atoms with Crippen molar-refractivity contribution in [3.8, 4) is 0 Å². The lowest BCUT2D eigenvalue weighted by atomic mass is 9.97. The molecule has 0 radical (unpaired) electrons. The Bertz CT molecular complexity index is 765. The minimum Gasteiger partial charge on any atom is -0.466 e. The highest BCUT2D eigenvalue weighted by Gasteiger charge is 2.29. The summed E-state index contributed by atoms with van der Waals surface area (Å²) >= 11 is 1.57. The van der Waals surface area contributed by atoms with Gasteiger partial charge < -0.3 is 14.5 Å². The number of hydrogen-bond donors (Lipinski definition) is 0. The van der Waals surface area contributed by atoms with Crippen molar-refractivity contribution in [2.45, 2.75) is 46.5 Å². The summed E-state index contributed by atoms with van der Waals surface area (Å²) in [5.74, 6) is -0.765. The second-order valence-electron chi connectivity index (χ2n) is 7.41. The summed E-state index contributed by atoms with van der Waals surface area (Å²) in [6.07, 6.45) is 1.38. The number of rotatable bonds is 8. The minimum atomic E-state index is -0.224. The molecule has 160 valence electrons. The van der Waals surface area contributed by atoms with Crippen LogP contribution in [0.25, 0.3) is 0 Å². The second kappa shape index (κ2) is 10.5. The third kappa shape index (κ3) is 6.39. The Morgan fingerprint density at radius 3 is 2.38 bits per heavy atom. The SMILES string of the molecule is CCOC(=O)C1CCN(C(=O)CN(C)C(=O)CCC(=O)c2cc(C)sc2C)CC1. The highest BCUT2D eigenvalue weighted by molar-refractivity contribution is 7.12. The van der Waals surface area contributed by atoms with Gasteiger partial charge in [0.1, 0.15) is 0 Å². The van der Waals surface area contributed by atoms with Crippen LogP contribution in [-0.4, -0.2) is 66.7 Å². The highest BCUT2D eigenvalue weighted by atomic mass is 32.1. The van der Waals surface area contributed by atoms with Gasteiger partial charge in [0.15, 0.2) is 5.78 Å². The first-order valence-corrected chi connectivity index (χ1v) is 10.8. The van der Waals surface area contributed by atoms with Gasteiger partial charge in [-0.15, -0.1) is 11.3 Å². The molecule has 1 aliphatic rings. The molecule has 1 aliphatic heterocycles. The Balaban J connectivity index is 1.76. The number of likely N-dealkylation sites (N-methyl/N-ethyl adjacent to an activating group) is 1. The van der Waals surface area contributed by atoms with E-state index in [9.17, 15) is 19.2 Å². The molecule has 0 unspecified atom stereocenters. The number of likely N-dealkylation sites (tertiary alicyclic amines) is 1. The number of ether oxygens (including phenoxy) is 1. The molecule has 0 atom stereocenters. The van der Waals surface area contributed by atoms with Gasteiger partial charge in [-0.05, 0) is 39.7 Å². The predicted molar refractivity (Wildman–Crippen MR) is 111 cm³/mol. The lowest BCUT2D eigenvalue weighted by molar-refractivity contribution is -0.151. The van der Waals surface area contributed by atoms with E-state index in [0.717, 1.165) is 9.75 Å². The van der Waals surface area contributed by atoms with Crippen molar-refractivity contribution in [3.63, 3.8) is 0 Å². The minimum absolute atomic E-state index is 0.0202. The molecule has 2 amide bonds. The third-order valence-corrected chi connectivity index (χ3v) is 6.14. The molecule has 8 heteroatoms. The van der Waals surface area contributed by atoms with Crippen molar-refractivity contribution < 1.29 is 23.9 Å². The van der Waals surface area contributed by atoms with Crippen molar-refractivity contribution in [2.75, 3.05) is 33.3 Å². The Kier molecular flexibility index (Phi) is 8.37. The van der Waals surface area contributed by atoms with Crippen LogP contribution in [0, 0.1) is 19.8 Å². The molecule has 29 heavy (non-hydrogen) atoms. The normalized spacial score (nSPS) is 14.6. The third-order valence-electron chi connectivity index (χ3n) is 5.17. The summed E-state index contributed by atoms with van der Waals surface area (Å²) in [4.78, 5) is 54.0. The van der Waals surface area contributed by atoms with Crippen LogP contribution in [0.15, 0.2) is 6.07 Å². The summed E-state index contributed by atoms with van der Waals surface area (Å²) in [6, 6.07) is 1.86. The number of nitrogens with zero attached hydrogens (tertiary/aromatic N) is 2. The van der Waals surface area contributed by atoms with Crippen molar-refractivity contribution in [1.29, 1.82) is 0 Å². The van der Waals surface area contributed by atoms with E-state index < -0.39 is 0 Å². The molecule has 0 bridgehead atoms. The summed E-state index contributed by atoms with van der Waals surface area (Å²) in [5, 5.41) is 0. The zero-order valence-corrected chi connectivity index (χ0v) is 18.5. The largest absolute Gasteiger partial charge is 0.466 e. The lowest BCUT2D eigenvalue weighted by Crippen LogP contribution is -2.45. The van der Waals surface area contributed by atoms with Crippen LogP contribution in [0.4, 0.5) is 0 Å². The molecule has 0 spiro atoms. The van der Waals surface area contributed by atoms with Crippen molar-refractivity contribution in [3.05, 3.63) is 21.4 Å². The molecule has 1 fully saturated rings. The molecule has 0 saturated carbocycles. The van der Waals surface area contributed by atoms with Gasteiger partial charge in [-0.2, -0.15) is 0 Å². The number of carbonyl (C=O) groups is 4. The van der Waals surface area contributed by atoms with E-state index in [0.29, 0.717) is 38.1 Å². The molecule has 7 nitrogen and oxygen atoms in total. The smallest absolute Gasteiger partial charge is 0.309 e. The molecule has 2 rings (SSSR count). The molecule has 1 saturated heterocycles. The predicted octanol–water partition coefficient (Wildman–Crippen LogP) is 2.59. The Labute approximate surface area is 176 Å². The number of ketones is 1. The summed E-state index contributed by atoms with van der Waals surface area (Å²) in [7, 11) is 1.58. The van der Waals surface area contributed by atoms with E-state index >= 15 is 0 Å². The molecule has 0 aromatic carbocycles. The number of thiophene rings is 1. The van der Waals surface area contributed by atoms with Gasteiger partial charge in [0.2, 0.25) is 11.8 Å². The Hall–Kier alpha value is -2.22. The van der Waals surface area contributed by atoms with Gasteiger partial charge in [0, 0.05) is 48.3 Å². The van der Waals surface area contributed by atoms with E-state index in [1.807, 2.05) is 19.9 Å². The number of amides is 2.